The first-order valence-electron chi connectivity index (χ1n) is 5.89. The molecule has 0 radical (unpaired) electrons. The minimum atomic E-state index is -3.78. The van der Waals surface area contributed by atoms with E-state index in [1.165, 1.54) is 18.2 Å². The Labute approximate surface area is 120 Å². The summed E-state index contributed by atoms with van der Waals surface area (Å²) in [6.07, 6.45) is 1.15. The molecule has 8 heteroatoms. The number of benzene rings is 1. The van der Waals surface area contributed by atoms with Crippen molar-refractivity contribution in [3.63, 3.8) is 0 Å². The van der Waals surface area contributed by atoms with E-state index < -0.39 is 28.1 Å². The normalized spacial score (nSPS) is 11.0. The first kappa shape index (κ1) is 14.8. The number of aliphatic carboxylic acids is 1. The minimum absolute atomic E-state index is 0.0704. The standard InChI is InChI=1S/C13H12N2O5S/c16-12-7-6-10(8-15(12)9-13(17)18)14-21(19,20)11-4-2-1-3-5-11/h1-8,14H,9H2,(H,17,18). The van der Waals surface area contributed by atoms with Gasteiger partial charge in [0, 0.05) is 12.3 Å². The summed E-state index contributed by atoms with van der Waals surface area (Å²) in [5.74, 6) is -1.19. The van der Waals surface area contributed by atoms with Crippen LogP contribution in [0.3, 0.4) is 0 Å². The summed E-state index contributed by atoms with van der Waals surface area (Å²) in [5.41, 5.74) is -0.417. The van der Waals surface area contributed by atoms with Crippen LogP contribution in [-0.2, 0) is 21.4 Å². The zero-order chi connectivity index (χ0) is 15.5. The lowest BCUT2D eigenvalue weighted by Gasteiger charge is -2.09. The van der Waals surface area contributed by atoms with Crippen molar-refractivity contribution in [2.24, 2.45) is 0 Å². The second-order valence-electron chi connectivity index (χ2n) is 4.20. The van der Waals surface area contributed by atoms with E-state index in [9.17, 15) is 18.0 Å². The van der Waals surface area contributed by atoms with Gasteiger partial charge in [0.2, 0.25) is 0 Å². The number of carboxylic acids is 1. The SMILES string of the molecule is O=C(O)Cn1cc(NS(=O)(=O)c2ccccc2)ccc1=O. The monoisotopic (exact) mass is 308 g/mol. The van der Waals surface area contributed by atoms with Gasteiger partial charge in [0.05, 0.1) is 10.6 Å². The van der Waals surface area contributed by atoms with E-state index in [2.05, 4.69) is 4.72 Å². The number of hydrogen-bond acceptors (Lipinski definition) is 4. The lowest BCUT2D eigenvalue weighted by Crippen LogP contribution is -2.24. The smallest absolute Gasteiger partial charge is 0.323 e. The zero-order valence-corrected chi connectivity index (χ0v) is 11.6. The quantitative estimate of drug-likeness (QED) is 0.847. The van der Waals surface area contributed by atoms with Gasteiger partial charge in [0.15, 0.2) is 0 Å². The lowest BCUT2D eigenvalue weighted by molar-refractivity contribution is -0.137. The van der Waals surface area contributed by atoms with Crippen molar-refractivity contribution in [3.05, 3.63) is 59.0 Å². The molecule has 21 heavy (non-hydrogen) atoms. The van der Waals surface area contributed by atoms with Gasteiger partial charge in [-0.15, -0.1) is 0 Å². The Morgan fingerprint density at radius 2 is 1.81 bits per heavy atom. The summed E-state index contributed by atoms with van der Waals surface area (Å²) >= 11 is 0. The van der Waals surface area contributed by atoms with Gasteiger partial charge in [0.25, 0.3) is 15.6 Å². The molecule has 110 valence electrons. The van der Waals surface area contributed by atoms with Gasteiger partial charge < -0.3 is 9.67 Å². The van der Waals surface area contributed by atoms with Gasteiger partial charge >= 0.3 is 5.97 Å². The van der Waals surface area contributed by atoms with Gasteiger partial charge in [-0.3, -0.25) is 14.3 Å². The Morgan fingerprint density at radius 1 is 1.14 bits per heavy atom. The first-order chi connectivity index (χ1) is 9.88. The molecule has 7 nitrogen and oxygen atoms in total. The van der Waals surface area contributed by atoms with Crippen molar-refractivity contribution in [1.82, 2.24) is 4.57 Å². The van der Waals surface area contributed by atoms with Crippen molar-refractivity contribution in [2.75, 3.05) is 4.72 Å². The highest BCUT2D eigenvalue weighted by Crippen LogP contribution is 2.14. The Balaban J connectivity index is 2.32. The van der Waals surface area contributed by atoms with E-state index in [1.54, 1.807) is 18.2 Å². The third-order valence-corrected chi connectivity index (χ3v) is 3.99. The number of carbonyl (C=O) groups is 1. The van der Waals surface area contributed by atoms with Crippen LogP contribution in [0.25, 0.3) is 0 Å². The van der Waals surface area contributed by atoms with Crippen LogP contribution in [0.5, 0.6) is 0 Å². The van der Waals surface area contributed by atoms with E-state index in [4.69, 9.17) is 5.11 Å². The fourth-order valence-electron chi connectivity index (χ4n) is 1.67. The highest BCUT2D eigenvalue weighted by atomic mass is 32.2. The average Bonchev–Trinajstić information content (AvgIpc) is 2.43. The topological polar surface area (TPSA) is 105 Å². The molecule has 0 amide bonds. The van der Waals surface area contributed by atoms with E-state index in [0.29, 0.717) is 0 Å². The molecule has 2 aromatic rings. The molecule has 1 aromatic carbocycles. The van der Waals surface area contributed by atoms with Crippen LogP contribution < -0.4 is 10.3 Å². The van der Waals surface area contributed by atoms with Crippen LogP contribution in [0.4, 0.5) is 5.69 Å². The number of pyridine rings is 1. The zero-order valence-electron chi connectivity index (χ0n) is 10.8. The fraction of sp³-hybridized carbons (Fsp3) is 0.0769. The molecular weight excluding hydrogens is 296 g/mol. The molecule has 1 aromatic heterocycles. The van der Waals surface area contributed by atoms with Gasteiger partial charge in [-0.2, -0.15) is 0 Å². The number of nitrogens with zero attached hydrogens (tertiary/aromatic N) is 1. The molecule has 1 heterocycles. The molecular formula is C13H12N2O5S. The summed E-state index contributed by atoms with van der Waals surface area (Å²) in [7, 11) is -3.78. The van der Waals surface area contributed by atoms with Gasteiger partial charge in [-0.25, -0.2) is 8.42 Å². The predicted octanol–water partition coefficient (Wildman–Crippen LogP) is 0.734. The van der Waals surface area contributed by atoms with Crippen LogP contribution in [0.2, 0.25) is 0 Å². The molecule has 2 rings (SSSR count). The summed E-state index contributed by atoms with van der Waals surface area (Å²) < 4.78 is 27.4. The Bertz CT molecular complexity index is 812. The summed E-state index contributed by atoms with van der Waals surface area (Å²) in [5, 5.41) is 8.69. The molecule has 0 aliphatic carbocycles. The number of hydrogen-bond donors (Lipinski definition) is 2. The molecule has 0 saturated heterocycles. The molecule has 2 N–H and O–H groups in total. The van der Waals surface area contributed by atoms with Crippen molar-refractivity contribution in [2.45, 2.75) is 11.4 Å². The summed E-state index contributed by atoms with van der Waals surface area (Å²) in [4.78, 5) is 22.2. The van der Waals surface area contributed by atoms with Crippen molar-refractivity contribution in [1.29, 1.82) is 0 Å². The van der Waals surface area contributed by atoms with Crippen LogP contribution in [0, 0.1) is 0 Å². The number of carboxylic acid groups (broad SMARTS) is 1. The molecule has 0 aliphatic rings. The van der Waals surface area contributed by atoms with Crippen molar-refractivity contribution >= 4 is 21.7 Å². The molecule has 0 aliphatic heterocycles. The fourth-order valence-corrected chi connectivity index (χ4v) is 2.74. The Hall–Kier alpha value is -2.61. The van der Waals surface area contributed by atoms with Crippen molar-refractivity contribution in [3.8, 4) is 0 Å². The molecule has 0 saturated carbocycles. The second-order valence-corrected chi connectivity index (χ2v) is 5.88. The molecule has 0 atom stereocenters. The van der Waals surface area contributed by atoms with Crippen molar-refractivity contribution < 1.29 is 18.3 Å². The van der Waals surface area contributed by atoms with Crippen LogP contribution in [0.15, 0.2) is 58.4 Å². The van der Waals surface area contributed by atoms with E-state index >= 15 is 0 Å². The number of anilines is 1. The molecule has 0 bridgehead atoms. The molecule has 0 fully saturated rings. The van der Waals surface area contributed by atoms with Gasteiger partial charge in [0.1, 0.15) is 6.54 Å². The van der Waals surface area contributed by atoms with Crippen LogP contribution >= 0.6 is 0 Å². The molecule has 0 unspecified atom stereocenters. The lowest BCUT2D eigenvalue weighted by atomic mass is 10.4. The third kappa shape index (κ3) is 3.69. The van der Waals surface area contributed by atoms with Crippen LogP contribution in [0.1, 0.15) is 0 Å². The third-order valence-electron chi connectivity index (χ3n) is 2.59. The average molecular weight is 308 g/mol. The number of sulfonamides is 1. The van der Waals surface area contributed by atoms with Gasteiger partial charge in [-0.05, 0) is 18.2 Å². The summed E-state index contributed by atoms with van der Waals surface area (Å²) in [6, 6.07) is 10.1. The van der Waals surface area contributed by atoms with Crippen LogP contribution in [-0.4, -0.2) is 24.1 Å². The van der Waals surface area contributed by atoms with E-state index in [1.807, 2.05) is 0 Å². The maximum atomic E-state index is 12.1. The maximum Gasteiger partial charge on any atom is 0.323 e. The first-order valence-corrected chi connectivity index (χ1v) is 7.37. The van der Waals surface area contributed by atoms with Gasteiger partial charge in [-0.1, -0.05) is 18.2 Å². The summed E-state index contributed by atoms with van der Waals surface area (Å²) in [6.45, 7) is -0.542. The largest absolute Gasteiger partial charge is 0.480 e. The molecule has 0 spiro atoms. The number of nitrogens with one attached hydrogen (secondary N) is 1. The predicted molar refractivity (Wildman–Crippen MR) is 75.6 cm³/mol. The van der Waals surface area contributed by atoms with E-state index in [-0.39, 0.29) is 10.6 Å². The Morgan fingerprint density at radius 3 is 2.43 bits per heavy atom. The van der Waals surface area contributed by atoms with E-state index in [0.717, 1.165) is 16.8 Å². The number of aromatic nitrogens is 1. The maximum absolute atomic E-state index is 12.1. The highest BCUT2D eigenvalue weighted by Gasteiger charge is 2.14. The Kier molecular flexibility index (Phi) is 4.08. The second kappa shape index (κ2) is 5.80. The highest BCUT2D eigenvalue weighted by molar-refractivity contribution is 7.92. The number of rotatable bonds is 5. The minimum Gasteiger partial charge on any atom is -0.480 e.